The number of aliphatic hydroxyl groups excluding tert-OH is 1. The topological polar surface area (TPSA) is 49.5 Å². The maximum Gasteiger partial charge on any atom is 0.0497 e. The molecule has 0 aliphatic carbocycles. The van der Waals surface area contributed by atoms with E-state index < -0.39 is 0 Å². The first-order valence-electron chi connectivity index (χ1n) is 6.97. The number of aliphatic hydroxyl groups is 1. The Morgan fingerprint density at radius 2 is 2.11 bits per heavy atom. The van der Waals surface area contributed by atoms with Crippen molar-refractivity contribution in [2.45, 2.75) is 31.8 Å². The minimum absolute atomic E-state index is 0.0594. The fourth-order valence-corrected chi connectivity index (χ4v) is 3.15. The summed E-state index contributed by atoms with van der Waals surface area (Å²) in [6.45, 7) is 4.32. The summed E-state index contributed by atoms with van der Waals surface area (Å²) in [6.07, 6.45) is 2.08. The van der Waals surface area contributed by atoms with Gasteiger partial charge in [-0.1, -0.05) is 23.7 Å². The molecule has 1 aliphatic rings. The second kappa shape index (κ2) is 6.71. The molecule has 1 fully saturated rings. The highest BCUT2D eigenvalue weighted by Gasteiger charge is 2.28. The second-order valence-electron chi connectivity index (χ2n) is 5.52. The Hall–Kier alpha value is -0.610. The Bertz CT molecular complexity index is 403. The lowest BCUT2D eigenvalue weighted by atomic mass is 9.92. The first-order chi connectivity index (χ1) is 9.11. The highest BCUT2D eigenvalue weighted by molar-refractivity contribution is 6.30. The molecule has 0 radical (unpaired) electrons. The van der Waals surface area contributed by atoms with Gasteiger partial charge in [0.1, 0.15) is 0 Å². The van der Waals surface area contributed by atoms with Gasteiger partial charge >= 0.3 is 0 Å². The van der Waals surface area contributed by atoms with Gasteiger partial charge < -0.3 is 10.8 Å². The summed E-state index contributed by atoms with van der Waals surface area (Å²) in [5, 5.41) is 9.98. The molecular formula is C15H23ClN2O. The van der Waals surface area contributed by atoms with E-state index >= 15 is 0 Å². The van der Waals surface area contributed by atoms with E-state index in [0.717, 1.165) is 31.0 Å². The zero-order valence-corrected chi connectivity index (χ0v) is 12.2. The average Bonchev–Trinajstić information content (AvgIpc) is 2.39. The molecule has 2 atom stereocenters. The number of nitrogens with zero attached hydrogens (tertiary/aromatic N) is 1. The standard InChI is InChI=1S/C15H23ClN2O/c1-11(17)15(13-3-2-4-14(16)9-13)18-7-5-12(10-19)6-8-18/h2-4,9,11-12,15,19H,5-8,10,17H2,1H3. The zero-order valence-electron chi connectivity index (χ0n) is 11.4. The second-order valence-corrected chi connectivity index (χ2v) is 5.96. The molecule has 106 valence electrons. The predicted molar refractivity (Wildman–Crippen MR) is 79.2 cm³/mol. The van der Waals surface area contributed by atoms with Gasteiger partial charge in [0.05, 0.1) is 0 Å². The molecule has 1 aromatic carbocycles. The Morgan fingerprint density at radius 1 is 1.42 bits per heavy atom. The van der Waals surface area contributed by atoms with Crippen LogP contribution in [0.25, 0.3) is 0 Å². The van der Waals surface area contributed by atoms with Gasteiger partial charge in [0.25, 0.3) is 0 Å². The van der Waals surface area contributed by atoms with Crippen LogP contribution in [-0.2, 0) is 0 Å². The Labute approximate surface area is 120 Å². The molecule has 0 aromatic heterocycles. The number of rotatable bonds is 4. The molecular weight excluding hydrogens is 260 g/mol. The molecule has 2 rings (SSSR count). The number of hydrogen-bond donors (Lipinski definition) is 2. The molecule has 2 unspecified atom stereocenters. The summed E-state index contributed by atoms with van der Waals surface area (Å²) < 4.78 is 0. The smallest absolute Gasteiger partial charge is 0.0497 e. The molecule has 4 heteroatoms. The summed E-state index contributed by atoms with van der Waals surface area (Å²) in [4.78, 5) is 2.42. The third kappa shape index (κ3) is 3.69. The minimum atomic E-state index is 0.0594. The molecule has 1 saturated heterocycles. The normalized spacial score (nSPS) is 21.3. The van der Waals surface area contributed by atoms with E-state index in [1.807, 2.05) is 25.1 Å². The predicted octanol–water partition coefficient (Wildman–Crippen LogP) is 2.43. The van der Waals surface area contributed by atoms with Crippen molar-refractivity contribution >= 4 is 11.6 Å². The third-order valence-electron chi connectivity index (χ3n) is 3.99. The fourth-order valence-electron chi connectivity index (χ4n) is 2.95. The van der Waals surface area contributed by atoms with E-state index in [1.54, 1.807) is 0 Å². The largest absolute Gasteiger partial charge is 0.396 e. The van der Waals surface area contributed by atoms with E-state index in [2.05, 4.69) is 11.0 Å². The van der Waals surface area contributed by atoms with Crippen molar-refractivity contribution in [2.75, 3.05) is 19.7 Å². The van der Waals surface area contributed by atoms with E-state index in [9.17, 15) is 5.11 Å². The highest BCUT2D eigenvalue weighted by Crippen LogP contribution is 2.29. The van der Waals surface area contributed by atoms with Crippen molar-refractivity contribution < 1.29 is 5.11 Å². The highest BCUT2D eigenvalue weighted by atomic mass is 35.5. The summed E-state index contributed by atoms with van der Waals surface area (Å²) in [7, 11) is 0. The number of halogens is 1. The van der Waals surface area contributed by atoms with Crippen molar-refractivity contribution in [1.29, 1.82) is 0 Å². The maximum absolute atomic E-state index is 9.22. The summed E-state index contributed by atoms with van der Waals surface area (Å²) in [5.41, 5.74) is 7.37. The number of nitrogens with two attached hydrogens (primary N) is 1. The SMILES string of the molecule is CC(N)C(c1cccc(Cl)c1)N1CCC(CO)CC1. The van der Waals surface area contributed by atoms with Crippen molar-refractivity contribution in [3.8, 4) is 0 Å². The van der Waals surface area contributed by atoms with Crippen LogP contribution in [0.5, 0.6) is 0 Å². The molecule has 0 spiro atoms. The Morgan fingerprint density at radius 3 is 2.63 bits per heavy atom. The van der Waals surface area contributed by atoms with E-state index in [-0.39, 0.29) is 12.1 Å². The van der Waals surface area contributed by atoms with Crippen LogP contribution in [0.2, 0.25) is 5.02 Å². The molecule has 0 bridgehead atoms. The average molecular weight is 283 g/mol. The summed E-state index contributed by atoms with van der Waals surface area (Å²) in [5.74, 6) is 0.448. The molecule has 3 nitrogen and oxygen atoms in total. The molecule has 0 saturated carbocycles. The van der Waals surface area contributed by atoms with Gasteiger partial charge in [0.2, 0.25) is 0 Å². The van der Waals surface area contributed by atoms with Crippen molar-refractivity contribution in [1.82, 2.24) is 4.90 Å². The van der Waals surface area contributed by atoms with E-state index in [0.29, 0.717) is 12.5 Å². The molecule has 19 heavy (non-hydrogen) atoms. The molecule has 1 heterocycles. The maximum atomic E-state index is 9.22. The quantitative estimate of drug-likeness (QED) is 0.892. The number of likely N-dealkylation sites (tertiary alicyclic amines) is 1. The van der Waals surface area contributed by atoms with Crippen molar-refractivity contribution in [3.05, 3.63) is 34.9 Å². The van der Waals surface area contributed by atoms with Gasteiger partial charge in [-0.3, -0.25) is 4.90 Å². The van der Waals surface area contributed by atoms with Gasteiger partial charge in [-0.25, -0.2) is 0 Å². The van der Waals surface area contributed by atoms with Gasteiger partial charge in [0.15, 0.2) is 0 Å². The van der Waals surface area contributed by atoms with E-state index in [1.165, 1.54) is 5.56 Å². The number of hydrogen-bond acceptors (Lipinski definition) is 3. The molecule has 3 N–H and O–H groups in total. The fraction of sp³-hybridized carbons (Fsp3) is 0.600. The number of benzene rings is 1. The van der Waals surface area contributed by atoms with Crippen LogP contribution in [0.1, 0.15) is 31.4 Å². The molecule has 0 amide bonds. The van der Waals surface area contributed by atoms with Crippen LogP contribution < -0.4 is 5.73 Å². The van der Waals surface area contributed by atoms with Gasteiger partial charge in [-0.2, -0.15) is 0 Å². The first kappa shape index (κ1) is 14.8. The summed E-state index contributed by atoms with van der Waals surface area (Å²) >= 11 is 6.09. The number of piperidine rings is 1. The summed E-state index contributed by atoms with van der Waals surface area (Å²) in [6, 6.07) is 8.24. The lowest BCUT2D eigenvalue weighted by Gasteiger charge is -2.39. The van der Waals surface area contributed by atoms with Crippen LogP contribution in [0, 0.1) is 5.92 Å². The van der Waals surface area contributed by atoms with Gasteiger partial charge in [0, 0.05) is 23.7 Å². The minimum Gasteiger partial charge on any atom is -0.396 e. The van der Waals surface area contributed by atoms with Crippen molar-refractivity contribution in [2.24, 2.45) is 11.7 Å². The van der Waals surface area contributed by atoms with Crippen LogP contribution in [-0.4, -0.2) is 35.7 Å². The van der Waals surface area contributed by atoms with Gasteiger partial charge in [-0.05, 0) is 56.5 Å². The third-order valence-corrected chi connectivity index (χ3v) is 4.22. The van der Waals surface area contributed by atoms with Crippen LogP contribution in [0.15, 0.2) is 24.3 Å². The van der Waals surface area contributed by atoms with Gasteiger partial charge in [-0.15, -0.1) is 0 Å². The van der Waals surface area contributed by atoms with Crippen LogP contribution in [0.4, 0.5) is 0 Å². The first-order valence-corrected chi connectivity index (χ1v) is 7.35. The molecule has 1 aromatic rings. The molecule has 1 aliphatic heterocycles. The van der Waals surface area contributed by atoms with Crippen LogP contribution in [0.3, 0.4) is 0 Å². The van der Waals surface area contributed by atoms with Crippen LogP contribution >= 0.6 is 11.6 Å². The van der Waals surface area contributed by atoms with Crippen molar-refractivity contribution in [3.63, 3.8) is 0 Å². The lowest BCUT2D eigenvalue weighted by molar-refractivity contribution is 0.0915. The Balaban J connectivity index is 2.13. The monoisotopic (exact) mass is 282 g/mol. The zero-order chi connectivity index (χ0) is 13.8. The van der Waals surface area contributed by atoms with E-state index in [4.69, 9.17) is 17.3 Å². The Kier molecular flexibility index (Phi) is 5.22. The lowest BCUT2D eigenvalue weighted by Crippen LogP contribution is -2.44.